The summed E-state index contributed by atoms with van der Waals surface area (Å²) in [5.41, 5.74) is 7.52. The third-order valence-electron chi connectivity index (χ3n) is 3.34. The Balaban J connectivity index is 2.43. The van der Waals surface area contributed by atoms with Gasteiger partial charge >= 0.3 is 5.97 Å². The van der Waals surface area contributed by atoms with Crippen LogP contribution in [0.5, 0.6) is 5.75 Å². The molecule has 0 aliphatic carbocycles. The highest BCUT2D eigenvalue weighted by molar-refractivity contribution is 6.33. The van der Waals surface area contributed by atoms with Gasteiger partial charge in [-0.2, -0.15) is 0 Å². The minimum Gasteiger partial charge on any atom is -0.508 e. The van der Waals surface area contributed by atoms with E-state index in [1.807, 2.05) is 6.07 Å². The molecule has 4 nitrogen and oxygen atoms in total. The molecule has 2 rings (SSSR count). The molecule has 0 saturated heterocycles. The van der Waals surface area contributed by atoms with Crippen LogP contribution in [0.25, 0.3) is 0 Å². The highest BCUT2D eigenvalue weighted by atomic mass is 35.5. The van der Waals surface area contributed by atoms with Crippen molar-refractivity contribution in [2.75, 3.05) is 0 Å². The number of carbonyl (C=O) groups is 1. The molecule has 2 unspecified atom stereocenters. The summed E-state index contributed by atoms with van der Waals surface area (Å²) in [7, 11) is 0. The summed E-state index contributed by atoms with van der Waals surface area (Å²) in [4.78, 5) is 10.9. The third kappa shape index (κ3) is 3.71. The average Bonchev–Trinajstić information content (AvgIpc) is 2.48. The molecule has 0 bridgehead atoms. The standard InChI is InChI=1S/C16H15Cl2NO3/c17-13-4-2-1-3-11(13)15(18)12-8-10(20)6-5-9(12)7-14(19)16(21)22/h1-6,8,14-15,20H,7,19H2,(H,21,22). The molecule has 2 aromatic rings. The second-order valence-electron chi connectivity index (χ2n) is 4.92. The van der Waals surface area contributed by atoms with E-state index >= 15 is 0 Å². The fourth-order valence-corrected chi connectivity index (χ4v) is 2.87. The van der Waals surface area contributed by atoms with E-state index in [2.05, 4.69) is 0 Å². The van der Waals surface area contributed by atoms with Gasteiger partial charge in [0.25, 0.3) is 0 Å². The molecule has 0 amide bonds. The van der Waals surface area contributed by atoms with E-state index in [0.717, 1.165) is 0 Å². The Morgan fingerprint density at radius 1 is 1.18 bits per heavy atom. The fourth-order valence-electron chi connectivity index (χ4n) is 2.18. The zero-order valence-corrected chi connectivity index (χ0v) is 13.1. The maximum absolute atomic E-state index is 10.9. The predicted molar refractivity (Wildman–Crippen MR) is 86.6 cm³/mol. The van der Waals surface area contributed by atoms with Crippen LogP contribution < -0.4 is 5.73 Å². The van der Waals surface area contributed by atoms with Gasteiger partial charge in [0.05, 0.1) is 5.38 Å². The van der Waals surface area contributed by atoms with E-state index in [9.17, 15) is 9.90 Å². The van der Waals surface area contributed by atoms with Gasteiger partial charge in [-0.15, -0.1) is 11.6 Å². The van der Waals surface area contributed by atoms with Crippen LogP contribution in [-0.2, 0) is 11.2 Å². The average molecular weight is 340 g/mol. The minimum absolute atomic E-state index is 0.0420. The summed E-state index contributed by atoms with van der Waals surface area (Å²) in [5, 5.41) is 18.6. The number of hydrogen-bond acceptors (Lipinski definition) is 3. The largest absolute Gasteiger partial charge is 0.508 e. The zero-order valence-electron chi connectivity index (χ0n) is 11.5. The number of hydrogen-bond donors (Lipinski definition) is 3. The Kier molecular flexibility index (Phi) is 5.29. The first kappa shape index (κ1) is 16.6. The van der Waals surface area contributed by atoms with Gasteiger partial charge in [0.2, 0.25) is 0 Å². The number of rotatable bonds is 5. The van der Waals surface area contributed by atoms with E-state index < -0.39 is 17.4 Å². The minimum atomic E-state index is -1.09. The van der Waals surface area contributed by atoms with Crippen molar-refractivity contribution in [3.8, 4) is 5.75 Å². The molecular formula is C16H15Cl2NO3. The van der Waals surface area contributed by atoms with Crippen LogP contribution in [0, 0.1) is 0 Å². The lowest BCUT2D eigenvalue weighted by Crippen LogP contribution is -2.32. The Morgan fingerprint density at radius 3 is 2.50 bits per heavy atom. The predicted octanol–water partition coefficient (Wildman–Crippen LogP) is 3.33. The quantitative estimate of drug-likeness (QED) is 0.729. The molecule has 4 N–H and O–H groups in total. The number of aliphatic carboxylic acids is 1. The number of carboxylic acids is 1. The SMILES string of the molecule is NC(Cc1ccc(O)cc1C(Cl)c1ccccc1Cl)C(=O)O. The molecule has 22 heavy (non-hydrogen) atoms. The van der Waals surface area contributed by atoms with Gasteiger partial charge in [0, 0.05) is 5.02 Å². The van der Waals surface area contributed by atoms with Crippen molar-refractivity contribution in [2.24, 2.45) is 5.73 Å². The number of aromatic hydroxyl groups is 1. The maximum Gasteiger partial charge on any atom is 0.320 e. The van der Waals surface area contributed by atoms with E-state index in [4.69, 9.17) is 34.0 Å². The summed E-state index contributed by atoms with van der Waals surface area (Å²) in [6.07, 6.45) is 0.110. The van der Waals surface area contributed by atoms with Crippen molar-refractivity contribution in [1.82, 2.24) is 0 Å². The van der Waals surface area contributed by atoms with Crippen molar-refractivity contribution >= 4 is 29.2 Å². The first-order valence-electron chi connectivity index (χ1n) is 6.59. The molecule has 0 saturated carbocycles. The summed E-state index contributed by atoms with van der Waals surface area (Å²) in [6, 6.07) is 10.7. The first-order chi connectivity index (χ1) is 10.4. The molecule has 0 heterocycles. The molecule has 0 aromatic heterocycles. The number of alkyl halides is 1. The van der Waals surface area contributed by atoms with Crippen LogP contribution in [-0.4, -0.2) is 22.2 Å². The van der Waals surface area contributed by atoms with Crippen LogP contribution in [0.1, 0.15) is 22.1 Å². The smallest absolute Gasteiger partial charge is 0.320 e. The first-order valence-corrected chi connectivity index (χ1v) is 7.40. The molecule has 116 valence electrons. The summed E-state index contributed by atoms with van der Waals surface area (Å²) < 4.78 is 0. The van der Waals surface area contributed by atoms with E-state index in [1.54, 1.807) is 24.3 Å². The Bertz CT molecular complexity index is 691. The van der Waals surface area contributed by atoms with Gasteiger partial charge in [-0.05, 0) is 41.3 Å². The van der Waals surface area contributed by atoms with Crippen LogP contribution in [0.15, 0.2) is 42.5 Å². The summed E-state index contributed by atoms with van der Waals surface area (Å²) in [6.45, 7) is 0. The van der Waals surface area contributed by atoms with Gasteiger partial charge in [-0.25, -0.2) is 0 Å². The van der Waals surface area contributed by atoms with Crippen LogP contribution in [0.2, 0.25) is 5.02 Å². The van der Waals surface area contributed by atoms with Crippen LogP contribution >= 0.6 is 23.2 Å². The summed E-state index contributed by atoms with van der Waals surface area (Å²) in [5.74, 6) is -1.05. The third-order valence-corrected chi connectivity index (χ3v) is 4.15. The number of nitrogens with two attached hydrogens (primary N) is 1. The van der Waals surface area contributed by atoms with Crippen LogP contribution in [0.4, 0.5) is 0 Å². The molecular weight excluding hydrogens is 325 g/mol. The molecule has 0 spiro atoms. The molecule has 6 heteroatoms. The lowest BCUT2D eigenvalue weighted by Gasteiger charge is -2.18. The van der Waals surface area contributed by atoms with E-state index in [0.29, 0.717) is 21.7 Å². The van der Waals surface area contributed by atoms with Gasteiger partial charge in [-0.3, -0.25) is 4.79 Å². The van der Waals surface area contributed by atoms with Gasteiger partial charge < -0.3 is 15.9 Å². The highest BCUT2D eigenvalue weighted by Gasteiger charge is 2.21. The topological polar surface area (TPSA) is 83.5 Å². The van der Waals surface area contributed by atoms with Gasteiger partial charge in [0.15, 0.2) is 0 Å². The molecule has 0 aliphatic heterocycles. The fraction of sp³-hybridized carbons (Fsp3) is 0.188. The number of phenolic OH excluding ortho intramolecular Hbond substituents is 1. The van der Waals surface area contributed by atoms with Crippen molar-refractivity contribution in [1.29, 1.82) is 0 Å². The van der Waals surface area contributed by atoms with Crippen molar-refractivity contribution < 1.29 is 15.0 Å². The second kappa shape index (κ2) is 7.01. The van der Waals surface area contributed by atoms with Gasteiger partial charge in [0.1, 0.15) is 11.8 Å². The Hall–Kier alpha value is -1.75. The highest BCUT2D eigenvalue weighted by Crippen LogP contribution is 2.36. The molecule has 0 aliphatic rings. The van der Waals surface area contributed by atoms with Crippen molar-refractivity contribution in [2.45, 2.75) is 17.8 Å². The Morgan fingerprint density at radius 2 is 1.86 bits per heavy atom. The van der Waals surface area contributed by atoms with Crippen molar-refractivity contribution in [3.63, 3.8) is 0 Å². The monoisotopic (exact) mass is 339 g/mol. The zero-order chi connectivity index (χ0) is 16.3. The lowest BCUT2D eigenvalue weighted by atomic mass is 9.95. The number of carboxylic acid groups (broad SMARTS) is 1. The Labute approximate surface area is 138 Å². The van der Waals surface area contributed by atoms with Crippen molar-refractivity contribution in [3.05, 3.63) is 64.2 Å². The molecule has 0 radical (unpaired) electrons. The second-order valence-corrected chi connectivity index (χ2v) is 5.76. The number of phenols is 1. The van der Waals surface area contributed by atoms with E-state index in [-0.39, 0.29) is 12.2 Å². The molecule has 2 aromatic carbocycles. The number of benzene rings is 2. The maximum atomic E-state index is 10.9. The number of halogens is 2. The van der Waals surface area contributed by atoms with Gasteiger partial charge in [-0.1, -0.05) is 35.9 Å². The normalized spacial score (nSPS) is 13.6. The molecule has 0 fully saturated rings. The van der Waals surface area contributed by atoms with E-state index in [1.165, 1.54) is 12.1 Å². The lowest BCUT2D eigenvalue weighted by molar-refractivity contribution is -0.138. The molecule has 2 atom stereocenters. The van der Waals surface area contributed by atoms with Crippen LogP contribution in [0.3, 0.4) is 0 Å². The summed E-state index contributed by atoms with van der Waals surface area (Å²) >= 11 is 12.6.